The van der Waals surface area contributed by atoms with Gasteiger partial charge in [-0.05, 0) is 18.2 Å². The largest absolute Gasteiger partial charge is 0.351 e. The lowest BCUT2D eigenvalue weighted by atomic mass is 9.96. The molecule has 2 radical (unpaired) electrons. The third-order valence-electron chi connectivity index (χ3n) is 4.18. The van der Waals surface area contributed by atoms with E-state index in [9.17, 15) is 13.2 Å². The molecule has 0 bridgehead atoms. The van der Waals surface area contributed by atoms with E-state index in [1.807, 2.05) is 0 Å². The molecule has 3 rings (SSSR count). The smallest absolute Gasteiger partial charge is 0.277 e. The Labute approximate surface area is 178 Å². The second-order valence-corrected chi connectivity index (χ2v) is 9.28. The van der Waals surface area contributed by atoms with Crippen LogP contribution in [0.2, 0.25) is 5.02 Å². The molecule has 0 saturated carbocycles. The molecule has 0 fully saturated rings. The first kappa shape index (κ1) is 22.1. The standard InChI is InChI=1S/C18H17BClFN4O4S/c1-25-9-22-17-14(25)8-11(18(26)24-29-5-6-30(2,27)28)16(15(17)21)23-13-4-3-10(19)7-12(13)20/h3-4,7-9,23H,5-6H2,1-2H3,(H,24,26). The molecule has 0 aliphatic heterocycles. The van der Waals surface area contributed by atoms with Gasteiger partial charge in [-0.2, -0.15) is 0 Å². The summed E-state index contributed by atoms with van der Waals surface area (Å²) >= 11 is 6.16. The molecule has 30 heavy (non-hydrogen) atoms. The molecule has 0 aliphatic carbocycles. The maximum atomic E-state index is 15.2. The van der Waals surface area contributed by atoms with Gasteiger partial charge in [0, 0.05) is 13.3 Å². The van der Waals surface area contributed by atoms with Crippen LogP contribution in [0.4, 0.5) is 15.8 Å². The summed E-state index contributed by atoms with van der Waals surface area (Å²) in [5, 5.41) is 3.04. The van der Waals surface area contributed by atoms with Crippen molar-refractivity contribution in [1.29, 1.82) is 0 Å². The number of fused-ring (bicyclic) bond motifs is 1. The molecule has 0 aliphatic rings. The first-order chi connectivity index (χ1) is 14.1. The molecular formula is C18H17BClFN4O4S. The van der Waals surface area contributed by atoms with Crippen LogP contribution in [0, 0.1) is 5.82 Å². The van der Waals surface area contributed by atoms with E-state index in [1.165, 1.54) is 18.5 Å². The highest BCUT2D eigenvalue weighted by molar-refractivity contribution is 7.90. The molecule has 2 N–H and O–H groups in total. The van der Waals surface area contributed by atoms with E-state index in [2.05, 4.69) is 15.8 Å². The normalized spacial score (nSPS) is 11.6. The van der Waals surface area contributed by atoms with E-state index < -0.39 is 21.6 Å². The van der Waals surface area contributed by atoms with Gasteiger partial charge in [-0.3, -0.25) is 9.63 Å². The fraction of sp³-hybridized carbons (Fsp3) is 0.222. The van der Waals surface area contributed by atoms with Gasteiger partial charge in [0.1, 0.15) is 23.2 Å². The average molecular weight is 451 g/mol. The Hall–Kier alpha value is -2.63. The van der Waals surface area contributed by atoms with Crippen molar-refractivity contribution in [2.24, 2.45) is 7.05 Å². The fourth-order valence-corrected chi connectivity index (χ4v) is 3.28. The number of benzene rings is 2. The number of hydroxylamine groups is 1. The first-order valence-electron chi connectivity index (χ1n) is 8.62. The van der Waals surface area contributed by atoms with Crippen molar-refractivity contribution in [2.45, 2.75) is 0 Å². The SMILES string of the molecule is [B]c1ccc(Nc2c(C(=O)NOCCS(C)(=O)=O)cc3c(ncn3C)c2F)c(Cl)c1. The van der Waals surface area contributed by atoms with Gasteiger partial charge in [-0.25, -0.2) is 23.3 Å². The number of hydrogen-bond donors (Lipinski definition) is 2. The molecule has 0 unspecified atom stereocenters. The van der Waals surface area contributed by atoms with Gasteiger partial charge in [0.05, 0.1) is 46.2 Å². The Morgan fingerprint density at radius 2 is 2.10 bits per heavy atom. The second-order valence-electron chi connectivity index (χ2n) is 6.61. The Morgan fingerprint density at radius 1 is 1.37 bits per heavy atom. The van der Waals surface area contributed by atoms with Crippen LogP contribution in [0.1, 0.15) is 10.4 Å². The highest BCUT2D eigenvalue weighted by Crippen LogP contribution is 2.32. The van der Waals surface area contributed by atoms with Crippen molar-refractivity contribution in [3.63, 3.8) is 0 Å². The van der Waals surface area contributed by atoms with Crippen molar-refractivity contribution < 1.29 is 22.4 Å². The number of halogens is 2. The number of sulfone groups is 1. The summed E-state index contributed by atoms with van der Waals surface area (Å²) in [6.45, 7) is -0.256. The summed E-state index contributed by atoms with van der Waals surface area (Å²) in [5.41, 5.74) is 3.06. The Kier molecular flexibility index (Phi) is 6.34. The first-order valence-corrected chi connectivity index (χ1v) is 11.1. The van der Waals surface area contributed by atoms with Crippen molar-refractivity contribution >= 4 is 63.1 Å². The third kappa shape index (κ3) is 4.92. The van der Waals surface area contributed by atoms with E-state index in [-0.39, 0.29) is 34.1 Å². The van der Waals surface area contributed by atoms with Gasteiger partial charge in [-0.15, -0.1) is 0 Å². The minimum absolute atomic E-state index is 0.0566. The molecular weight excluding hydrogens is 434 g/mol. The van der Waals surface area contributed by atoms with Gasteiger partial charge in [0.2, 0.25) is 0 Å². The quantitative estimate of drug-likeness (QED) is 0.322. The van der Waals surface area contributed by atoms with Crippen LogP contribution >= 0.6 is 11.6 Å². The maximum absolute atomic E-state index is 15.2. The highest BCUT2D eigenvalue weighted by Gasteiger charge is 2.22. The predicted molar refractivity (Wildman–Crippen MR) is 114 cm³/mol. The molecule has 12 heteroatoms. The number of carbonyl (C=O) groups excluding carboxylic acids is 1. The van der Waals surface area contributed by atoms with E-state index >= 15 is 4.39 Å². The highest BCUT2D eigenvalue weighted by atomic mass is 35.5. The predicted octanol–water partition coefficient (Wildman–Crippen LogP) is 1.61. The van der Waals surface area contributed by atoms with E-state index in [0.717, 1.165) is 6.26 Å². The zero-order valence-electron chi connectivity index (χ0n) is 16.1. The lowest BCUT2D eigenvalue weighted by molar-refractivity contribution is 0.0371. The van der Waals surface area contributed by atoms with Crippen molar-refractivity contribution in [3.05, 3.63) is 47.0 Å². The molecule has 2 aromatic carbocycles. The number of nitrogens with one attached hydrogen (secondary N) is 2. The van der Waals surface area contributed by atoms with Crippen molar-refractivity contribution in [2.75, 3.05) is 23.9 Å². The van der Waals surface area contributed by atoms with Crippen LogP contribution in [0.25, 0.3) is 11.0 Å². The zero-order chi connectivity index (χ0) is 22.1. The summed E-state index contributed by atoms with van der Waals surface area (Å²) in [6.07, 6.45) is 2.46. The number of anilines is 2. The topological polar surface area (TPSA) is 102 Å². The Morgan fingerprint density at radius 3 is 2.77 bits per heavy atom. The number of carbonyl (C=O) groups is 1. The summed E-state index contributed by atoms with van der Waals surface area (Å²) in [6, 6.07) is 6.03. The monoisotopic (exact) mass is 450 g/mol. The number of amides is 1. The lowest BCUT2D eigenvalue weighted by Gasteiger charge is -2.15. The van der Waals surface area contributed by atoms with Gasteiger partial charge in [0.15, 0.2) is 5.82 Å². The number of imidazole rings is 1. The van der Waals surface area contributed by atoms with E-state index in [1.54, 1.807) is 23.7 Å². The van der Waals surface area contributed by atoms with Crippen LogP contribution in [-0.2, 0) is 21.7 Å². The molecule has 0 saturated heterocycles. The maximum Gasteiger partial charge on any atom is 0.277 e. The molecule has 1 aromatic heterocycles. The van der Waals surface area contributed by atoms with Crippen molar-refractivity contribution in [3.8, 4) is 0 Å². The summed E-state index contributed by atoms with van der Waals surface area (Å²) in [7, 11) is 4.08. The molecule has 0 atom stereocenters. The Bertz CT molecular complexity index is 1230. The van der Waals surface area contributed by atoms with Crippen molar-refractivity contribution in [1.82, 2.24) is 15.0 Å². The number of aryl methyl sites for hydroxylation is 1. The lowest BCUT2D eigenvalue weighted by Crippen LogP contribution is -2.27. The van der Waals surface area contributed by atoms with Gasteiger partial charge >= 0.3 is 0 Å². The van der Waals surface area contributed by atoms with E-state index in [0.29, 0.717) is 16.7 Å². The number of hydrogen-bond acceptors (Lipinski definition) is 6. The minimum Gasteiger partial charge on any atom is -0.351 e. The van der Waals surface area contributed by atoms with Gasteiger partial charge in [-0.1, -0.05) is 23.1 Å². The van der Waals surface area contributed by atoms with Gasteiger partial charge in [0.25, 0.3) is 5.91 Å². The van der Waals surface area contributed by atoms with Crippen LogP contribution in [0.15, 0.2) is 30.6 Å². The zero-order valence-corrected chi connectivity index (χ0v) is 17.6. The third-order valence-corrected chi connectivity index (χ3v) is 5.40. The molecule has 8 nitrogen and oxygen atoms in total. The second kappa shape index (κ2) is 8.62. The Balaban J connectivity index is 1.97. The van der Waals surface area contributed by atoms with Crippen LogP contribution in [0.3, 0.4) is 0 Å². The minimum atomic E-state index is -3.26. The summed E-state index contributed by atoms with van der Waals surface area (Å²) in [4.78, 5) is 21.6. The number of aromatic nitrogens is 2. The number of rotatable bonds is 7. The fourth-order valence-electron chi connectivity index (χ4n) is 2.66. The summed E-state index contributed by atoms with van der Waals surface area (Å²) < 4.78 is 39.1. The molecule has 0 spiro atoms. The molecule has 1 amide bonds. The van der Waals surface area contributed by atoms with Crippen LogP contribution in [0.5, 0.6) is 0 Å². The van der Waals surface area contributed by atoms with E-state index in [4.69, 9.17) is 24.3 Å². The number of nitrogens with zero attached hydrogens (tertiary/aromatic N) is 2. The molecule has 1 heterocycles. The average Bonchev–Trinajstić information content (AvgIpc) is 3.03. The van der Waals surface area contributed by atoms with Crippen LogP contribution in [-0.4, -0.2) is 50.3 Å². The van der Waals surface area contributed by atoms with Crippen LogP contribution < -0.4 is 16.3 Å². The molecule has 3 aromatic rings. The van der Waals surface area contributed by atoms with Gasteiger partial charge < -0.3 is 9.88 Å². The molecule has 156 valence electrons. The summed E-state index contributed by atoms with van der Waals surface area (Å²) in [5.74, 6) is -1.82.